The van der Waals surface area contributed by atoms with E-state index >= 15 is 0 Å². The highest BCUT2D eigenvalue weighted by Crippen LogP contribution is 1.91. The summed E-state index contributed by atoms with van der Waals surface area (Å²) in [5, 5.41) is 10.3. The molecule has 66 valence electrons. The minimum Gasteiger partial charge on any atom is -0.544 e. The van der Waals surface area contributed by atoms with Gasteiger partial charge in [0.2, 0.25) is 0 Å². The maximum absolute atomic E-state index is 10.3. The first-order chi connectivity index (χ1) is 5.72. The van der Waals surface area contributed by atoms with E-state index in [-0.39, 0.29) is 5.57 Å². The van der Waals surface area contributed by atoms with Gasteiger partial charge < -0.3 is 9.90 Å². The van der Waals surface area contributed by atoms with E-state index in [1.807, 2.05) is 6.92 Å². The highest BCUT2D eigenvalue weighted by molar-refractivity contribution is 5.89. The molecule has 0 fully saturated rings. The number of hydrogen-bond acceptors (Lipinski definition) is 2. The van der Waals surface area contributed by atoms with Gasteiger partial charge in [0.15, 0.2) is 0 Å². The molecule has 3 heteroatoms. The summed E-state index contributed by atoms with van der Waals surface area (Å²) < 4.78 is 0. The number of hydrogen-bond donors (Lipinski definition) is 0. The second kappa shape index (κ2) is 6.41. The molecule has 0 bridgehead atoms. The number of carboxylic acids is 1. The molecular formula is C9H13NO2. The minimum atomic E-state index is -1.22. The molecule has 0 saturated carbocycles. The normalized spacial score (nSPS) is 10.3. The van der Waals surface area contributed by atoms with Gasteiger partial charge in [-0.3, -0.25) is 0 Å². The van der Waals surface area contributed by atoms with E-state index in [4.69, 9.17) is 0 Å². The van der Waals surface area contributed by atoms with Gasteiger partial charge in [-0.25, -0.2) is 0 Å². The molecule has 0 unspecified atom stereocenters. The quantitative estimate of drug-likeness (QED) is 0.355. The molecule has 0 N–H and O–H groups in total. The highest BCUT2D eigenvalue weighted by atomic mass is 16.4. The lowest BCUT2D eigenvalue weighted by Crippen LogP contribution is -2.23. The van der Waals surface area contributed by atoms with E-state index in [0.717, 1.165) is 12.8 Å². The van der Waals surface area contributed by atoms with E-state index in [0.29, 0.717) is 6.54 Å². The summed E-state index contributed by atoms with van der Waals surface area (Å²) >= 11 is 0. The fourth-order valence-corrected chi connectivity index (χ4v) is 0.606. The molecular weight excluding hydrogens is 154 g/mol. The summed E-state index contributed by atoms with van der Waals surface area (Å²) in [6, 6.07) is 2.43. The zero-order valence-electron chi connectivity index (χ0n) is 7.46. The van der Waals surface area contributed by atoms with Crippen LogP contribution < -0.4 is 5.11 Å². The summed E-state index contributed by atoms with van der Waals surface area (Å²) in [4.78, 5) is 14.1. The number of carbonyl (C=O) groups is 1. The van der Waals surface area contributed by atoms with E-state index in [9.17, 15) is 9.90 Å². The third kappa shape index (κ3) is 4.51. The molecule has 0 saturated heterocycles. The van der Waals surface area contributed by atoms with Crippen molar-refractivity contribution >= 4 is 5.97 Å². The smallest absolute Gasteiger partial charge is 0.312 e. The lowest BCUT2D eigenvalue weighted by molar-refractivity contribution is -0.298. The fourth-order valence-electron chi connectivity index (χ4n) is 0.606. The van der Waals surface area contributed by atoms with Crippen molar-refractivity contribution in [1.29, 1.82) is 0 Å². The van der Waals surface area contributed by atoms with Gasteiger partial charge in [0.05, 0.1) is 5.97 Å². The zero-order valence-corrected chi connectivity index (χ0v) is 7.46. The van der Waals surface area contributed by atoms with Crippen molar-refractivity contribution in [3.8, 4) is 6.07 Å². The minimum absolute atomic E-state index is 0.0195. The predicted octanol–water partition coefficient (Wildman–Crippen LogP) is 0.816. The van der Waals surface area contributed by atoms with Crippen LogP contribution in [0.3, 0.4) is 0 Å². The van der Waals surface area contributed by atoms with Gasteiger partial charge >= 0.3 is 6.07 Å². The van der Waals surface area contributed by atoms with Crippen molar-refractivity contribution in [1.82, 2.24) is 0 Å². The van der Waals surface area contributed by atoms with E-state index in [1.165, 1.54) is 6.08 Å². The molecule has 12 heavy (non-hydrogen) atoms. The fraction of sp³-hybridized carbons (Fsp3) is 0.556. The molecule has 0 rings (SSSR count). The summed E-state index contributed by atoms with van der Waals surface area (Å²) in [7, 11) is 0. The average Bonchev–Trinajstić information content (AvgIpc) is 2.04. The van der Waals surface area contributed by atoms with Crippen LogP contribution in [0, 0.1) is 6.07 Å². The van der Waals surface area contributed by atoms with Gasteiger partial charge in [0.25, 0.3) is 6.54 Å². The van der Waals surface area contributed by atoms with Crippen LogP contribution in [0.4, 0.5) is 0 Å². The molecule has 0 aliphatic rings. The van der Waals surface area contributed by atoms with Crippen molar-refractivity contribution < 1.29 is 9.90 Å². The number of unbranched alkanes of at least 4 members (excludes halogenated alkanes) is 1. The number of carbonyl (C=O) groups excluding carboxylic acids is 1. The maximum atomic E-state index is 10.3. The molecule has 0 spiro atoms. The number of allylic oxidation sites excluding steroid dienone is 1. The molecule has 0 aromatic heterocycles. The van der Waals surface area contributed by atoms with Gasteiger partial charge in [-0.2, -0.15) is 0 Å². The van der Waals surface area contributed by atoms with Crippen LogP contribution in [0.25, 0.3) is 4.85 Å². The first kappa shape index (κ1) is 10.7. The third-order valence-electron chi connectivity index (χ3n) is 1.33. The molecule has 0 aromatic rings. The number of aliphatic carboxylic acids is 1. The Bertz CT molecular complexity index is 233. The topological polar surface area (TPSA) is 44.5 Å². The lowest BCUT2D eigenvalue weighted by Gasteiger charge is -1.91. The van der Waals surface area contributed by atoms with Crippen LogP contribution in [-0.4, -0.2) is 12.5 Å². The third-order valence-corrected chi connectivity index (χ3v) is 1.33. The van der Waals surface area contributed by atoms with Crippen molar-refractivity contribution in [2.24, 2.45) is 0 Å². The monoisotopic (exact) mass is 167 g/mol. The molecule has 0 amide bonds. The van der Waals surface area contributed by atoms with Crippen molar-refractivity contribution in [3.63, 3.8) is 0 Å². The largest absolute Gasteiger partial charge is 0.544 e. The van der Waals surface area contributed by atoms with Gasteiger partial charge in [-0.05, 0) is 13.3 Å². The Morgan fingerprint density at radius 1 is 1.67 bits per heavy atom. The Balaban J connectivity index is 4.00. The molecule has 0 radical (unpaired) electrons. The van der Waals surface area contributed by atoms with Crippen molar-refractivity contribution in [3.05, 3.63) is 16.5 Å². The summed E-state index contributed by atoms with van der Waals surface area (Å²) in [5.74, 6) is -1.22. The van der Waals surface area contributed by atoms with Gasteiger partial charge in [-0.1, -0.05) is 17.8 Å². The van der Waals surface area contributed by atoms with Crippen LogP contribution in [0.1, 0.15) is 26.7 Å². The average molecular weight is 167 g/mol. The molecule has 0 aliphatic heterocycles. The lowest BCUT2D eigenvalue weighted by atomic mass is 10.3. The first-order valence-electron chi connectivity index (χ1n) is 4.02. The van der Waals surface area contributed by atoms with E-state index in [1.54, 1.807) is 6.92 Å². The van der Waals surface area contributed by atoms with Crippen molar-refractivity contribution in [2.75, 3.05) is 6.54 Å². The molecule has 0 atom stereocenters. The Kier molecular flexibility index (Phi) is 5.72. The summed E-state index contributed by atoms with van der Waals surface area (Å²) in [6.45, 7) is 4.29. The standard InChI is InChI=1S/C9H13NO2/c1-3-5-6-10-7-8(4-2)9(11)12/h4H,3,5-6H2,1-2H3. The van der Waals surface area contributed by atoms with E-state index < -0.39 is 5.97 Å². The highest BCUT2D eigenvalue weighted by Gasteiger charge is 1.98. The molecule has 0 aliphatic carbocycles. The number of carboxylic acid groups (broad SMARTS) is 1. The molecule has 0 heterocycles. The van der Waals surface area contributed by atoms with Crippen LogP contribution in [0.15, 0.2) is 11.6 Å². The SMILES string of the molecule is CC=C(C#[N+]CCCC)C(=O)[O-]. The maximum Gasteiger partial charge on any atom is 0.312 e. The van der Waals surface area contributed by atoms with Crippen LogP contribution in [0.5, 0.6) is 0 Å². The Hall–Kier alpha value is -1.30. The number of rotatable bonds is 3. The summed E-state index contributed by atoms with van der Waals surface area (Å²) in [5.41, 5.74) is 0.0195. The molecule has 3 nitrogen and oxygen atoms in total. The predicted molar refractivity (Wildman–Crippen MR) is 45.8 cm³/mol. The molecule has 0 aromatic carbocycles. The van der Waals surface area contributed by atoms with Crippen LogP contribution in [0.2, 0.25) is 0 Å². The van der Waals surface area contributed by atoms with Gasteiger partial charge in [0.1, 0.15) is 5.57 Å². The van der Waals surface area contributed by atoms with Crippen LogP contribution >= 0.6 is 0 Å². The Morgan fingerprint density at radius 2 is 2.33 bits per heavy atom. The Morgan fingerprint density at radius 3 is 2.75 bits per heavy atom. The second-order valence-electron chi connectivity index (χ2n) is 2.34. The van der Waals surface area contributed by atoms with Gasteiger partial charge in [-0.15, -0.1) is 0 Å². The Labute approximate surface area is 72.5 Å². The summed E-state index contributed by atoms with van der Waals surface area (Å²) in [6.07, 6.45) is 3.42. The van der Waals surface area contributed by atoms with Gasteiger partial charge in [0, 0.05) is 6.42 Å². The van der Waals surface area contributed by atoms with Crippen molar-refractivity contribution in [2.45, 2.75) is 26.7 Å². The zero-order chi connectivity index (χ0) is 9.40. The van der Waals surface area contributed by atoms with Crippen LogP contribution in [-0.2, 0) is 4.79 Å². The number of nitrogens with zero attached hydrogens (tertiary/aromatic N) is 1. The first-order valence-corrected chi connectivity index (χ1v) is 4.02. The second-order valence-corrected chi connectivity index (χ2v) is 2.34. The van der Waals surface area contributed by atoms with E-state index in [2.05, 4.69) is 10.9 Å².